The summed E-state index contributed by atoms with van der Waals surface area (Å²) in [5, 5.41) is 20.2. The first-order chi connectivity index (χ1) is 8.81. The molecule has 1 saturated heterocycles. The van der Waals surface area contributed by atoms with Gasteiger partial charge in [0.05, 0.1) is 17.6 Å². The van der Waals surface area contributed by atoms with Gasteiger partial charge in [-0.2, -0.15) is 5.26 Å². The molecule has 7 heteroatoms. The molecular formula is C12H11Cl2NO3S. The fourth-order valence-electron chi connectivity index (χ4n) is 2.29. The summed E-state index contributed by atoms with van der Waals surface area (Å²) in [4.78, 5) is 0. The normalized spacial score (nSPS) is 26.8. The van der Waals surface area contributed by atoms with Crippen LogP contribution < -0.4 is 0 Å². The van der Waals surface area contributed by atoms with E-state index in [1.165, 1.54) is 0 Å². The predicted octanol–water partition coefficient (Wildman–Crippen LogP) is 2.36. The summed E-state index contributed by atoms with van der Waals surface area (Å²) in [6, 6.07) is 6.64. The van der Waals surface area contributed by atoms with Crippen LogP contribution >= 0.6 is 23.2 Å². The van der Waals surface area contributed by atoms with Gasteiger partial charge in [0.1, 0.15) is 11.5 Å². The average Bonchev–Trinajstić information content (AvgIpc) is 2.66. The highest BCUT2D eigenvalue weighted by Gasteiger charge is 2.49. The van der Waals surface area contributed by atoms with Crippen LogP contribution in [0.5, 0.6) is 0 Å². The molecule has 1 heterocycles. The molecule has 102 valence electrons. The summed E-state index contributed by atoms with van der Waals surface area (Å²) in [5.74, 6) is -0.487. The number of rotatable bonds is 2. The Hall–Kier alpha value is -0.800. The molecule has 0 amide bonds. The van der Waals surface area contributed by atoms with Gasteiger partial charge in [-0.1, -0.05) is 29.3 Å². The minimum absolute atomic E-state index is 0.0779. The van der Waals surface area contributed by atoms with E-state index < -0.39 is 21.4 Å². The molecule has 1 aliphatic rings. The topological polar surface area (TPSA) is 78.2 Å². The fraction of sp³-hybridized carbons (Fsp3) is 0.417. The summed E-state index contributed by atoms with van der Waals surface area (Å²) >= 11 is 12.0. The Morgan fingerprint density at radius 2 is 1.95 bits per heavy atom. The number of hydrogen-bond acceptors (Lipinski definition) is 4. The largest absolute Gasteiger partial charge is 0.387 e. The van der Waals surface area contributed by atoms with Crippen molar-refractivity contribution < 1.29 is 13.5 Å². The molecule has 2 rings (SSSR count). The van der Waals surface area contributed by atoms with Crippen molar-refractivity contribution >= 4 is 33.0 Å². The molecule has 1 fully saturated rings. The van der Waals surface area contributed by atoms with E-state index in [1.54, 1.807) is 18.2 Å². The van der Waals surface area contributed by atoms with Crippen LogP contribution in [0.25, 0.3) is 0 Å². The standard InChI is InChI=1S/C12H11Cl2NO3S/c13-8-2-1-3-9(14)10(8)11(16)12(6-15)4-5-19(17,18)7-12/h1-3,11,16H,4-5,7H2. The van der Waals surface area contributed by atoms with Crippen molar-refractivity contribution in [3.8, 4) is 6.07 Å². The molecule has 2 atom stereocenters. The van der Waals surface area contributed by atoms with Crippen LogP contribution in [0.4, 0.5) is 0 Å². The summed E-state index contributed by atoms with van der Waals surface area (Å²) < 4.78 is 23.2. The summed E-state index contributed by atoms with van der Waals surface area (Å²) in [5.41, 5.74) is -1.17. The molecule has 1 aliphatic heterocycles. The van der Waals surface area contributed by atoms with E-state index in [4.69, 9.17) is 23.2 Å². The molecule has 0 bridgehead atoms. The van der Waals surface area contributed by atoms with E-state index >= 15 is 0 Å². The van der Waals surface area contributed by atoms with E-state index in [1.807, 2.05) is 6.07 Å². The third-order valence-electron chi connectivity index (χ3n) is 3.36. The first-order valence-corrected chi connectivity index (χ1v) is 8.13. The zero-order valence-corrected chi connectivity index (χ0v) is 12.1. The number of halogens is 2. The summed E-state index contributed by atoms with van der Waals surface area (Å²) in [6.45, 7) is 0. The highest BCUT2D eigenvalue weighted by atomic mass is 35.5. The molecule has 1 aromatic carbocycles. The number of sulfone groups is 1. The van der Waals surface area contributed by atoms with Crippen LogP contribution in [-0.4, -0.2) is 25.0 Å². The molecule has 4 nitrogen and oxygen atoms in total. The Morgan fingerprint density at radius 3 is 2.37 bits per heavy atom. The third-order valence-corrected chi connectivity index (χ3v) is 5.80. The van der Waals surface area contributed by atoms with Gasteiger partial charge in [0.15, 0.2) is 9.84 Å². The molecular weight excluding hydrogens is 309 g/mol. The van der Waals surface area contributed by atoms with Crippen LogP contribution in [0.2, 0.25) is 10.0 Å². The third kappa shape index (κ3) is 2.59. The van der Waals surface area contributed by atoms with Crippen LogP contribution in [-0.2, 0) is 9.84 Å². The Balaban J connectivity index is 2.49. The molecule has 0 aliphatic carbocycles. The zero-order chi connectivity index (χ0) is 14.3. The van der Waals surface area contributed by atoms with E-state index in [2.05, 4.69) is 0 Å². The van der Waals surface area contributed by atoms with Crippen LogP contribution in [0.1, 0.15) is 18.1 Å². The number of nitriles is 1. The number of nitrogens with zero attached hydrogens (tertiary/aromatic N) is 1. The number of aliphatic hydroxyl groups is 1. The smallest absolute Gasteiger partial charge is 0.152 e. The lowest BCUT2D eigenvalue weighted by Gasteiger charge is -2.27. The van der Waals surface area contributed by atoms with Crippen molar-refractivity contribution in [2.45, 2.75) is 12.5 Å². The lowest BCUT2D eigenvalue weighted by molar-refractivity contribution is 0.0795. The van der Waals surface area contributed by atoms with Crippen molar-refractivity contribution in [3.05, 3.63) is 33.8 Å². The van der Waals surface area contributed by atoms with Crippen LogP contribution in [0, 0.1) is 16.7 Å². The molecule has 2 unspecified atom stereocenters. The Kier molecular flexibility index (Phi) is 3.80. The Bertz CT molecular complexity index is 633. The number of aliphatic hydroxyl groups excluding tert-OH is 1. The molecule has 1 aromatic rings. The fourth-order valence-corrected chi connectivity index (χ4v) is 4.86. The molecule has 0 spiro atoms. The van der Waals surface area contributed by atoms with Crippen molar-refractivity contribution in [2.24, 2.45) is 5.41 Å². The zero-order valence-electron chi connectivity index (χ0n) is 9.81. The SMILES string of the molecule is N#CC1(C(O)c2c(Cl)cccc2Cl)CCS(=O)(=O)C1. The molecule has 0 aromatic heterocycles. The lowest BCUT2D eigenvalue weighted by atomic mass is 9.80. The van der Waals surface area contributed by atoms with Gasteiger partial charge < -0.3 is 5.11 Å². The Labute approximate surface area is 121 Å². The maximum Gasteiger partial charge on any atom is 0.152 e. The van der Waals surface area contributed by atoms with E-state index in [-0.39, 0.29) is 33.5 Å². The van der Waals surface area contributed by atoms with Gasteiger partial charge in [0, 0.05) is 15.6 Å². The van der Waals surface area contributed by atoms with Crippen molar-refractivity contribution in [1.82, 2.24) is 0 Å². The van der Waals surface area contributed by atoms with Crippen LogP contribution in [0.3, 0.4) is 0 Å². The summed E-state index contributed by atoms with van der Waals surface area (Å²) in [7, 11) is -3.31. The monoisotopic (exact) mass is 319 g/mol. The van der Waals surface area contributed by atoms with Crippen molar-refractivity contribution in [2.75, 3.05) is 11.5 Å². The van der Waals surface area contributed by atoms with Crippen molar-refractivity contribution in [3.63, 3.8) is 0 Å². The minimum Gasteiger partial charge on any atom is -0.387 e. The van der Waals surface area contributed by atoms with Gasteiger partial charge in [-0.3, -0.25) is 0 Å². The molecule has 0 saturated carbocycles. The molecule has 1 N–H and O–H groups in total. The quantitative estimate of drug-likeness (QED) is 0.907. The predicted molar refractivity (Wildman–Crippen MR) is 72.7 cm³/mol. The van der Waals surface area contributed by atoms with Crippen LogP contribution in [0.15, 0.2) is 18.2 Å². The maximum atomic E-state index is 11.6. The average molecular weight is 320 g/mol. The highest BCUT2D eigenvalue weighted by molar-refractivity contribution is 7.91. The van der Waals surface area contributed by atoms with E-state index in [9.17, 15) is 18.8 Å². The van der Waals surface area contributed by atoms with Gasteiger partial charge in [-0.25, -0.2) is 8.42 Å². The molecule has 19 heavy (non-hydrogen) atoms. The highest BCUT2D eigenvalue weighted by Crippen LogP contribution is 2.46. The van der Waals surface area contributed by atoms with Gasteiger partial charge in [-0.15, -0.1) is 0 Å². The first-order valence-electron chi connectivity index (χ1n) is 5.55. The first kappa shape index (κ1) is 14.6. The van der Waals surface area contributed by atoms with Gasteiger partial charge in [0.2, 0.25) is 0 Å². The number of hydrogen-bond donors (Lipinski definition) is 1. The van der Waals surface area contributed by atoms with E-state index in [0.29, 0.717) is 0 Å². The lowest BCUT2D eigenvalue weighted by Crippen LogP contribution is -2.29. The second kappa shape index (κ2) is 4.95. The van der Waals surface area contributed by atoms with Crippen molar-refractivity contribution in [1.29, 1.82) is 5.26 Å². The second-order valence-electron chi connectivity index (χ2n) is 4.65. The van der Waals surface area contributed by atoms with Gasteiger partial charge in [0.25, 0.3) is 0 Å². The second-order valence-corrected chi connectivity index (χ2v) is 7.65. The minimum atomic E-state index is -3.31. The maximum absolute atomic E-state index is 11.6. The number of benzene rings is 1. The van der Waals surface area contributed by atoms with Gasteiger partial charge >= 0.3 is 0 Å². The van der Waals surface area contributed by atoms with Gasteiger partial charge in [-0.05, 0) is 18.6 Å². The van der Waals surface area contributed by atoms with E-state index in [0.717, 1.165) is 0 Å². The molecule has 0 radical (unpaired) electrons. The Morgan fingerprint density at radius 1 is 1.37 bits per heavy atom. The summed E-state index contributed by atoms with van der Waals surface area (Å²) in [6.07, 6.45) is -1.25.